The standard InChI is InChI=1S/C25H28ClNO5S2/c26-24-15-23(12-11-20(24)8-5-13-25(27,17-28)18-34(29,30)31)33-22-10-4-9-21(14-22)32-16-19-6-2-1-3-7-19/h1-4,6-7,9-12,14-15,28H,5,8,13,16-18,27H2,(H,29,30,31). The minimum atomic E-state index is -4.28. The van der Waals surface area contributed by atoms with E-state index in [2.05, 4.69) is 0 Å². The predicted octanol–water partition coefficient (Wildman–Crippen LogP) is 4.97. The third-order valence-electron chi connectivity index (χ3n) is 5.22. The van der Waals surface area contributed by atoms with Crippen LogP contribution in [0.4, 0.5) is 0 Å². The smallest absolute Gasteiger partial charge is 0.266 e. The van der Waals surface area contributed by atoms with Gasteiger partial charge in [0.1, 0.15) is 12.4 Å². The highest BCUT2D eigenvalue weighted by atomic mass is 35.5. The Morgan fingerprint density at radius 3 is 2.41 bits per heavy atom. The highest BCUT2D eigenvalue weighted by Gasteiger charge is 2.29. The summed E-state index contributed by atoms with van der Waals surface area (Å²) in [6.45, 7) is -0.0374. The summed E-state index contributed by atoms with van der Waals surface area (Å²) in [6.07, 6.45) is 1.31. The van der Waals surface area contributed by atoms with Gasteiger partial charge in [0.05, 0.1) is 17.9 Å². The number of ether oxygens (including phenoxy) is 1. The Balaban J connectivity index is 1.57. The summed E-state index contributed by atoms with van der Waals surface area (Å²) in [6, 6.07) is 23.6. The van der Waals surface area contributed by atoms with E-state index in [0.29, 0.717) is 24.5 Å². The van der Waals surface area contributed by atoms with Crippen molar-refractivity contribution in [3.63, 3.8) is 0 Å². The predicted molar refractivity (Wildman–Crippen MR) is 136 cm³/mol. The second-order valence-corrected chi connectivity index (χ2v) is 11.2. The maximum atomic E-state index is 11.1. The molecule has 1 atom stereocenters. The summed E-state index contributed by atoms with van der Waals surface area (Å²) in [7, 11) is -4.28. The Labute approximate surface area is 209 Å². The zero-order chi connectivity index (χ0) is 24.6. The Hall–Kier alpha value is -2.07. The molecule has 3 aromatic carbocycles. The molecule has 0 amide bonds. The Morgan fingerprint density at radius 2 is 1.74 bits per heavy atom. The molecule has 1 unspecified atom stereocenters. The van der Waals surface area contributed by atoms with Crippen LogP contribution in [-0.2, 0) is 23.1 Å². The molecule has 0 aromatic heterocycles. The quantitative estimate of drug-likeness (QED) is 0.288. The van der Waals surface area contributed by atoms with Crippen LogP contribution in [0, 0.1) is 0 Å². The van der Waals surface area contributed by atoms with Gasteiger partial charge in [-0.25, -0.2) is 0 Å². The van der Waals surface area contributed by atoms with Crippen LogP contribution in [0.5, 0.6) is 5.75 Å². The number of nitrogens with two attached hydrogens (primary N) is 1. The first-order chi connectivity index (χ1) is 16.2. The number of hydrogen-bond acceptors (Lipinski definition) is 6. The van der Waals surface area contributed by atoms with Crippen molar-refractivity contribution in [1.82, 2.24) is 0 Å². The highest BCUT2D eigenvalue weighted by molar-refractivity contribution is 7.99. The third kappa shape index (κ3) is 8.61. The minimum Gasteiger partial charge on any atom is -0.489 e. The molecule has 9 heteroatoms. The second kappa shape index (κ2) is 12.1. The molecule has 0 saturated heterocycles. The molecule has 0 aliphatic rings. The van der Waals surface area contributed by atoms with Gasteiger partial charge >= 0.3 is 0 Å². The Morgan fingerprint density at radius 1 is 1.00 bits per heavy atom. The first-order valence-corrected chi connectivity index (χ1v) is 13.5. The van der Waals surface area contributed by atoms with E-state index in [1.54, 1.807) is 11.8 Å². The fourth-order valence-corrected chi connectivity index (χ4v) is 5.70. The second-order valence-electron chi connectivity index (χ2n) is 8.20. The van der Waals surface area contributed by atoms with Gasteiger partial charge in [0.2, 0.25) is 0 Å². The van der Waals surface area contributed by atoms with Gasteiger partial charge in [-0.2, -0.15) is 8.42 Å². The molecule has 0 fully saturated rings. The van der Waals surface area contributed by atoms with Gasteiger partial charge in [-0.15, -0.1) is 0 Å². The summed E-state index contributed by atoms with van der Waals surface area (Å²) in [5.74, 6) is 0.101. The van der Waals surface area contributed by atoms with Gasteiger partial charge in [0, 0.05) is 14.8 Å². The van der Waals surface area contributed by atoms with E-state index in [-0.39, 0.29) is 6.42 Å². The molecule has 6 nitrogen and oxygen atoms in total. The van der Waals surface area contributed by atoms with Crippen LogP contribution in [-0.4, -0.2) is 36.0 Å². The van der Waals surface area contributed by atoms with Crippen molar-refractivity contribution in [3.05, 3.63) is 88.9 Å². The van der Waals surface area contributed by atoms with Gasteiger partial charge in [-0.3, -0.25) is 4.55 Å². The van der Waals surface area contributed by atoms with E-state index in [4.69, 9.17) is 26.6 Å². The first-order valence-electron chi connectivity index (χ1n) is 10.7. The Kier molecular flexibility index (Phi) is 9.41. The molecule has 182 valence electrons. The van der Waals surface area contributed by atoms with Crippen molar-refractivity contribution in [2.24, 2.45) is 5.73 Å². The molecule has 0 saturated carbocycles. The van der Waals surface area contributed by atoms with E-state index in [1.165, 1.54) is 0 Å². The van der Waals surface area contributed by atoms with E-state index in [0.717, 1.165) is 26.7 Å². The summed E-state index contributed by atoms with van der Waals surface area (Å²) in [5.41, 5.74) is 6.55. The number of rotatable bonds is 12. The number of halogens is 1. The average Bonchev–Trinajstić information content (AvgIpc) is 2.79. The summed E-state index contributed by atoms with van der Waals surface area (Å²) < 4.78 is 37.2. The summed E-state index contributed by atoms with van der Waals surface area (Å²) in [4.78, 5) is 2.00. The number of hydrogen-bond donors (Lipinski definition) is 3. The molecule has 34 heavy (non-hydrogen) atoms. The van der Waals surface area contributed by atoms with Gasteiger partial charge in [0.15, 0.2) is 0 Å². The first kappa shape index (κ1) is 26.5. The lowest BCUT2D eigenvalue weighted by Crippen LogP contribution is -2.49. The van der Waals surface area contributed by atoms with Gasteiger partial charge < -0.3 is 15.6 Å². The van der Waals surface area contributed by atoms with Crippen LogP contribution in [0.15, 0.2) is 82.6 Å². The molecular weight excluding hydrogens is 494 g/mol. The molecule has 0 bridgehead atoms. The van der Waals surface area contributed by atoms with Crippen LogP contribution in [0.1, 0.15) is 24.0 Å². The molecule has 3 rings (SSSR count). The third-order valence-corrected chi connectivity index (χ3v) is 7.49. The molecule has 0 radical (unpaired) electrons. The van der Waals surface area contributed by atoms with E-state index in [9.17, 15) is 13.5 Å². The molecule has 0 aliphatic heterocycles. The van der Waals surface area contributed by atoms with Crippen molar-refractivity contribution < 1.29 is 22.8 Å². The van der Waals surface area contributed by atoms with Gasteiger partial charge in [0.25, 0.3) is 10.1 Å². The topological polar surface area (TPSA) is 110 Å². The summed E-state index contributed by atoms with van der Waals surface area (Å²) in [5, 5.41) is 10.0. The number of aliphatic hydroxyl groups excluding tert-OH is 1. The normalized spacial score (nSPS) is 13.4. The van der Waals surface area contributed by atoms with Crippen molar-refractivity contribution in [2.75, 3.05) is 12.4 Å². The number of benzene rings is 3. The van der Waals surface area contributed by atoms with E-state index < -0.39 is 28.0 Å². The molecule has 4 N–H and O–H groups in total. The molecule has 0 aliphatic carbocycles. The lowest BCUT2D eigenvalue weighted by atomic mass is 9.95. The maximum Gasteiger partial charge on any atom is 0.266 e. The molecule has 3 aromatic rings. The Bertz CT molecular complexity index is 1190. The minimum absolute atomic E-state index is 0.228. The SMILES string of the molecule is NC(CO)(CCCc1ccc(Sc2cccc(OCc3ccccc3)c2)cc1Cl)CS(=O)(=O)O. The summed E-state index contributed by atoms with van der Waals surface area (Å²) >= 11 is 8.05. The van der Waals surface area contributed by atoms with Crippen molar-refractivity contribution in [1.29, 1.82) is 0 Å². The molecule has 0 spiro atoms. The van der Waals surface area contributed by atoms with Crippen molar-refractivity contribution >= 4 is 33.5 Å². The fourth-order valence-electron chi connectivity index (χ4n) is 3.49. The molecular formula is C25H28ClNO5S2. The van der Waals surface area contributed by atoms with Crippen LogP contribution >= 0.6 is 23.4 Å². The zero-order valence-electron chi connectivity index (χ0n) is 18.6. The maximum absolute atomic E-state index is 11.1. The van der Waals surface area contributed by atoms with Crippen LogP contribution in [0.2, 0.25) is 5.02 Å². The lowest BCUT2D eigenvalue weighted by Gasteiger charge is -2.25. The van der Waals surface area contributed by atoms with Crippen molar-refractivity contribution in [3.8, 4) is 5.75 Å². The van der Waals surface area contributed by atoms with Crippen LogP contribution in [0.25, 0.3) is 0 Å². The van der Waals surface area contributed by atoms with Crippen LogP contribution < -0.4 is 10.5 Å². The average molecular weight is 522 g/mol. The van der Waals surface area contributed by atoms with E-state index in [1.807, 2.05) is 72.8 Å². The monoisotopic (exact) mass is 521 g/mol. The highest BCUT2D eigenvalue weighted by Crippen LogP contribution is 2.33. The van der Waals surface area contributed by atoms with Crippen molar-refractivity contribution in [2.45, 2.75) is 41.2 Å². The largest absolute Gasteiger partial charge is 0.489 e. The van der Waals surface area contributed by atoms with Crippen LogP contribution in [0.3, 0.4) is 0 Å². The van der Waals surface area contributed by atoms with Gasteiger partial charge in [-0.05, 0) is 60.7 Å². The fraction of sp³-hybridized carbons (Fsp3) is 0.280. The van der Waals surface area contributed by atoms with E-state index >= 15 is 0 Å². The molecule has 0 heterocycles. The number of aliphatic hydroxyl groups is 1. The number of aryl methyl sites for hydroxylation is 1. The lowest BCUT2D eigenvalue weighted by molar-refractivity contribution is 0.198. The van der Waals surface area contributed by atoms with Gasteiger partial charge in [-0.1, -0.05) is 65.8 Å². The zero-order valence-corrected chi connectivity index (χ0v) is 21.0.